The maximum absolute atomic E-state index is 9.64. The van der Waals surface area contributed by atoms with Crippen LogP contribution in [0.4, 0.5) is 0 Å². The van der Waals surface area contributed by atoms with E-state index in [-0.39, 0.29) is 0 Å². The SMILES string of the molecule is CCc1ccc(O)c(CC)c1CC.CNC. The molecule has 16 heavy (non-hydrogen) atoms. The minimum atomic E-state index is 0.455. The highest BCUT2D eigenvalue weighted by Gasteiger charge is 2.08. The lowest BCUT2D eigenvalue weighted by Gasteiger charge is -2.12. The first-order valence-electron chi connectivity index (χ1n) is 6.07. The maximum Gasteiger partial charge on any atom is 0.119 e. The Morgan fingerprint density at radius 3 is 1.81 bits per heavy atom. The maximum atomic E-state index is 9.64. The normalized spacial score (nSPS) is 9.56. The summed E-state index contributed by atoms with van der Waals surface area (Å²) >= 11 is 0. The monoisotopic (exact) mass is 223 g/mol. The van der Waals surface area contributed by atoms with Crippen molar-refractivity contribution >= 4 is 0 Å². The molecule has 0 unspecified atom stereocenters. The van der Waals surface area contributed by atoms with Crippen molar-refractivity contribution in [2.45, 2.75) is 40.0 Å². The van der Waals surface area contributed by atoms with Crippen molar-refractivity contribution in [3.63, 3.8) is 0 Å². The fourth-order valence-electron chi connectivity index (χ4n) is 1.90. The molecule has 0 aliphatic carbocycles. The summed E-state index contributed by atoms with van der Waals surface area (Å²) in [6.45, 7) is 6.39. The van der Waals surface area contributed by atoms with E-state index in [1.165, 1.54) is 11.1 Å². The zero-order valence-corrected chi connectivity index (χ0v) is 11.2. The second-order valence-electron chi connectivity index (χ2n) is 3.76. The molecule has 0 saturated carbocycles. The van der Waals surface area contributed by atoms with E-state index < -0.39 is 0 Å². The van der Waals surface area contributed by atoms with Gasteiger partial charge < -0.3 is 10.4 Å². The second-order valence-corrected chi connectivity index (χ2v) is 3.76. The molecule has 0 spiro atoms. The first kappa shape index (κ1) is 15.0. The van der Waals surface area contributed by atoms with Gasteiger partial charge in [0, 0.05) is 0 Å². The van der Waals surface area contributed by atoms with Crippen molar-refractivity contribution < 1.29 is 5.11 Å². The molecule has 0 fully saturated rings. The van der Waals surface area contributed by atoms with E-state index in [0.29, 0.717) is 5.75 Å². The Hall–Kier alpha value is -1.02. The molecule has 0 bridgehead atoms. The van der Waals surface area contributed by atoms with Crippen molar-refractivity contribution in [3.8, 4) is 5.75 Å². The Balaban J connectivity index is 0.000000673. The molecule has 1 aromatic carbocycles. The van der Waals surface area contributed by atoms with E-state index in [1.807, 2.05) is 26.2 Å². The smallest absolute Gasteiger partial charge is 0.119 e. The van der Waals surface area contributed by atoms with Crippen LogP contribution in [-0.2, 0) is 19.3 Å². The summed E-state index contributed by atoms with van der Waals surface area (Å²) in [6, 6.07) is 3.85. The second kappa shape index (κ2) is 8.17. The molecule has 0 aromatic heterocycles. The lowest BCUT2D eigenvalue weighted by molar-refractivity contribution is 0.467. The summed E-state index contributed by atoms with van der Waals surface area (Å²) in [5.41, 5.74) is 3.84. The number of phenolic OH excluding ortho intramolecular Hbond substituents is 1. The zero-order chi connectivity index (χ0) is 12.6. The highest BCUT2D eigenvalue weighted by molar-refractivity contribution is 5.44. The van der Waals surface area contributed by atoms with Gasteiger partial charge in [0.1, 0.15) is 5.75 Å². The molecule has 0 saturated heterocycles. The van der Waals surface area contributed by atoms with Crippen LogP contribution in [0, 0.1) is 0 Å². The molecule has 0 radical (unpaired) electrons. The van der Waals surface area contributed by atoms with Crippen LogP contribution in [0.1, 0.15) is 37.5 Å². The van der Waals surface area contributed by atoms with Crippen LogP contribution in [0.3, 0.4) is 0 Å². The molecule has 0 aliphatic rings. The van der Waals surface area contributed by atoms with Crippen LogP contribution in [0.25, 0.3) is 0 Å². The first-order chi connectivity index (χ1) is 7.65. The predicted octanol–water partition coefficient (Wildman–Crippen LogP) is 2.92. The largest absolute Gasteiger partial charge is 0.508 e. The quantitative estimate of drug-likeness (QED) is 0.826. The number of nitrogens with one attached hydrogen (secondary N) is 1. The van der Waals surface area contributed by atoms with Crippen LogP contribution in [-0.4, -0.2) is 19.2 Å². The third-order valence-electron chi connectivity index (χ3n) is 2.59. The Labute approximate surface area is 99.7 Å². The average Bonchev–Trinajstić information content (AvgIpc) is 2.29. The first-order valence-corrected chi connectivity index (χ1v) is 6.07. The van der Waals surface area contributed by atoms with Gasteiger partial charge in [-0.3, -0.25) is 0 Å². The lowest BCUT2D eigenvalue weighted by Crippen LogP contribution is -1.97. The van der Waals surface area contributed by atoms with Gasteiger partial charge in [-0.05, 0) is 56.1 Å². The Morgan fingerprint density at radius 2 is 1.44 bits per heavy atom. The van der Waals surface area contributed by atoms with Crippen LogP contribution < -0.4 is 5.32 Å². The Kier molecular flexibility index (Phi) is 7.65. The van der Waals surface area contributed by atoms with Crippen molar-refractivity contribution in [2.75, 3.05) is 14.1 Å². The van der Waals surface area contributed by atoms with E-state index in [2.05, 4.69) is 26.1 Å². The summed E-state index contributed by atoms with van der Waals surface area (Å²) in [5, 5.41) is 12.4. The van der Waals surface area contributed by atoms with E-state index >= 15 is 0 Å². The fraction of sp³-hybridized carbons (Fsp3) is 0.571. The van der Waals surface area contributed by atoms with Crippen LogP contribution in [0.15, 0.2) is 12.1 Å². The number of benzene rings is 1. The number of rotatable bonds is 3. The molecular formula is C14H25NO. The van der Waals surface area contributed by atoms with Gasteiger partial charge in [-0.15, -0.1) is 0 Å². The minimum Gasteiger partial charge on any atom is -0.508 e. The molecule has 92 valence electrons. The zero-order valence-electron chi connectivity index (χ0n) is 11.2. The molecule has 2 N–H and O–H groups in total. The third-order valence-corrected chi connectivity index (χ3v) is 2.59. The van der Waals surface area contributed by atoms with Crippen molar-refractivity contribution in [2.24, 2.45) is 0 Å². The van der Waals surface area contributed by atoms with E-state index in [0.717, 1.165) is 24.8 Å². The molecule has 0 atom stereocenters. The molecule has 2 nitrogen and oxygen atoms in total. The number of hydrogen-bond acceptors (Lipinski definition) is 2. The molecule has 0 heterocycles. The van der Waals surface area contributed by atoms with Gasteiger partial charge in [-0.1, -0.05) is 26.8 Å². The average molecular weight is 223 g/mol. The summed E-state index contributed by atoms with van der Waals surface area (Å²) < 4.78 is 0. The Morgan fingerprint density at radius 1 is 0.938 bits per heavy atom. The van der Waals surface area contributed by atoms with E-state index in [1.54, 1.807) is 0 Å². The predicted molar refractivity (Wildman–Crippen MR) is 71.2 cm³/mol. The highest BCUT2D eigenvalue weighted by Crippen LogP contribution is 2.25. The van der Waals surface area contributed by atoms with Crippen LogP contribution >= 0.6 is 0 Å². The fourth-order valence-corrected chi connectivity index (χ4v) is 1.90. The van der Waals surface area contributed by atoms with Gasteiger partial charge >= 0.3 is 0 Å². The summed E-state index contributed by atoms with van der Waals surface area (Å²) in [7, 11) is 3.75. The number of phenols is 1. The molecule has 0 aliphatic heterocycles. The third kappa shape index (κ3) is 3.86. The number of aromatic hydroxyl groups is 1. The number of aryl methyl sites for hydroxylation is 1. The van der Waals surface area contributed by atoms with Gasteiger partial charge in [-0.2, -0.15) is 0 Å². The lowest BCUT2D eigenvalue weighted by atomic mass is 9.95. The molecule has 1 aromatic rings. The standard InChI is InChI=1S/C12H18O.C2H7N/c1-4-9-7-8-12(13)11(6-3)10(9)5-2;1-3-2/h7-8,13H,4-6H2,1-3H3;3H,1-2H3. The van der Waals surface area contributed by atoms with Crippen LogP contribution in [0.2, 0.25) is 0 Å². The summed E-state index contributed by atoms with van der Waals surface area (Å²) in [4.78, 5) is 0. The molecule has 2 heteroatoms. The van der Waals surface area contributed by atoms with Gasteiger partial charge in [-0.25, -0.2) is 0 Å². The van der Waals surface area contributed by atoms with Crippen molar-refractivity contribution in [3.05, 3.63) is 28.8 Å². The Bertz CT molecular complexity index is 308. The van der Waals surface area contributed by atoms with Crippen molar-refractivity contribution in [1.82, 2.24) is 5.32 Å². The van der Waals surface area contributed by atoms with E-state index in [4.69, 9.17) is 0 Å². The summed E-state index contributed by atoms with van der Waals surface area (Å²) in [5.74, 6) is 0.455. The minimum absolute atomic E-state index is 0.455. The van der Waals surface area contributed by atoms with Gasteiger partial charge in [0.25, 0.3) is 0 Å². The van der Waals surface area contributed by atoms with E-state index in [9.17, 15) is 5.11 Å². The molecule has 1 rings (SSSR count). The van der Waals surface area contributed by atoms with Crippen molar-refractivity contribution in [1.29, 1.82) is 0 Å². The van der Waals surface area contributed by atoms with Crippen LogP contribution in [0.5, 0.6) is 5.75 Å². The summed E-state index contributed by atoms with van der Waals surface area (Å²) in [6.07, 6.45) is 2.99. The highest BCUT2D eigenvalue weighted by atomic mass is 16.3. The number of hydrogen-bond donors (Lipinski definition) is 2. The van der Waals surface area contributed by atoms with Gasteiger partial charge in [0.2, 0.25) is 0 Å². The molecule has 0 amide bonds. The topological polar surface area (TPSA) is 32.3 Å². The molecular weight excluding hydrogens is 198 g/mol. The van der Waals surface area contributed by atoms with Gasteiger partial charge in [0.15, 0.2) is 0 Å². The van der Waals surface area contributed by atoms with Gasteiger partial charge in [0.05, 0.1) is 0 Å².